The first kappa shape index (κ1) is 20.6. The summed E-state index contributed by atoms with van der Waals surface area (Å²) in [5, 5.41) is 20.6. The summed E-state index contributed by atoms with van der Waals surface area (Å²) >= 11 is 14.4. The van der Waals surface area contributed by atoms with Gasteiger partial charge in [-0.15, -0.1) is 23.2 Å². The van der Waals surface area contributed by atoms with Crippen LogP contribution >= 0.6 is 23.2 Å². The lowest BCUT2D eigenvalue weighted by atomic mass is 9.46. The van der Waals surface area contributed by atoms with Crippen molar-refractivity contribution in [3.63, 3.8) is 0 Å². The molecule has 2 N–H and O–H groups in total. The van der Waals surface area contributed by atoms with Crippen LogP contribution in [-0.2, 0) is 9.59 Å². The largest absolute Gasteiger partial charge is 0.388 e. The van der Waals surface area contributed by atoms with Crippen LogP contribution < -0.4 is 0 Å². The Labute approximate surface area is 176 Å². The second-order valence-electron chi connectivity index (χ2n) is 9.70. The van der Waals surface area contributed by atoms with Crippen molar-refractivity contribution in [2.75, 3.05) is 6.61 Å². The van der Waals surface area contributed by atoms with Crippen molar-refractivity contribution in [1.82, 2.24) is 0 Å². The van der Waals surface area contributed by atoms with Crippen molar-refractivity contribution >= 4 is 34.8 Å². The number of fused-ring (bicyclic) bond motifs is 5. The normalized spacial score (nSPS) is 52.5. The highest BCUT2D eigenvalue weighted by molar-refractivity contribution is 6.34. The van der Waals surface area contributed by atoms with E-state index in [2.05, 4.69) is 6.92 Å². The van der Waals surface area contributed by atoms with Gasteiger partial charge in [-0.1, -0.05) is 32.4 Å². The number of rotatable bonds is 2. The van der Waals surface area contributed by atoms with Gasteiger partial charge in [0.05, 0.1) is 10.3 Å². The molecule has 6 heteroatoms. The van der Waals surface area contributed by atoms with Gasteiger partial charge in [-0.25, -0.2) is 0 Å². The van der Waals surface area contributed by atoms with Crippen molar-refractivity contribution in [3.8, 4) is 0 Å². The Hall–Kier alpha value is -0.680. The SMILES string of the molecule is CC1C[C@H]2[C@@H]3CCC4=CC(=O)C=C[C@]4(C)[C@@]3(Cl)C(Cl)C[C@]2(C)[C@@]1(O)C(=O)CO. The van der Waals surface area contributed by atoms with Gasteiger partial charge in [0.1, 0.15) is 12.2 Å². The van der Waals surface area contributed by atoms with Gasteiger partial charge in [-0.3, -0.25) is 9.59 Å². The average Bonchev–Trinajstić information content (AvgIpc) is 2.84. The highest BCUT2D eigenvalue weighted by Crippen LogP contribution is 2.72. The van der Waals surface area contributed by atoms with E-state index in [-0.39, 0.29) is 23.5 Å². The second kappa shape index (κ2) is 6.16. The smallest absolute Gasteiger partial charge is 0.190 e. The molecule has 4 nitrogen and oxygen atoms in total. The first-order valence-corrected chi connectivity index (χ1v) is 10.9. The molecular weight excluding hydrogens is 399 g/mol. The Morgan fingerprint density at radius 1 is 1.32 bits per heavy atom. The lowest BCUT2D eigenvalue weighted by Gasteiger charge is -2.63. The maximum absolute atomic E-state index is 12.6. The lowest BCUT2D eigenvalue weighted by molar-refractivity contribution is -0.167. The standard InChI is InChI=1S/C22H28Cl2O4/c1-12-8-16-15-5-4-13-9-14(26)6-7-19(13,2)21(15,24)17(23)10-20(16,3)22(12,28)18(27)11-25/h6-7,9,12,15-17,25,28H,4-5,8,10-11H2,1-3H3/t12?,15-,16-,17?,19-,20-,21-,22-/m0/s1. The molecule has 0 aromatic rings. The third kappa shape index (κ3) is 2.16. The van der Waals surface area contributed by atoms with Crippen LogP contribution in [0.3, 0.4) is 0 Å². The summed E-state index contributed by atoms with van der Waals surface area (Å²) in [6.45, 7) is 5.20. The summed E-state index contributed by atoms with van der Waals surface area (Å²) in [7, 11) is 0. The number of hydrogen-bond acceptors (Lipinski definition) is 4. The first-order valence-electron chi connectivity index (χ1n) is 10.1. The Morgan fingerprint density at radius 3 is 2.64 bits per heavy atom. The number of aliphatic hydroxyl groups is 2. The van der Waals surface area contributed by atoms with Crippen LogP contribution in [0.4, 0.5) is 0 Å². The summed E-state index contributed by atoms with van der Waals surface area (Å²) in [6.07, 6.45) is 7.76. The van der Waals surface area contributed by atoms with Gasteiger partial charge in [-0.05, 0) is 55.6 Å². The van der Waals surface area contributed by atoms with Crippen molar-refractivity contribution in [1.29, 1.82) is 0 Å². The van der Waals surface area contributed by atoms with Crippen molar-refractivity contribution in [2.24, 2.45) is 28.6 Å². The lowest BCUT2D eigenvalue weighted by Crippen LogP contribution is -2.67. The molecule has 0 bridgehead atoms. The number of carbonyl (C=O) groups excluding carboxylic acids is 2. The Kier molecular flexibility index (Phi) is 4.53. The van der Waals surface area contributed by atoms with Gasteiger partial charge in [0.15, 0.2) is 11.6 Å². The molecule has 8 atom stereocenters. The van der Waals surface area contributed by atoms with Gasteiger partial charge in [0, 0.05) is 10.8 Å². The van der Waals surface area contributed by atoms with Crippen LogP contribution in [0.5, 0.6) is 0 Å². The number of Topliss-reactive ketones (excluding diaryl/α,β-unsaturated/α-hetero) is 1. The summed E-state index contributed by atoms with van der Waals surface area (Å²) in [4.78, 5) is 23.8. The zero-order valence-corrected chi connectivity index (χ0v) is 18.1. The quantitative estimate of drug-likeness (QED) is 0.663. The fourth-order valence-electron chi connectivity index (χ4n) is 7.20. The Morgan fingerprint density at radius 2 is 2.00 bits per heavy atom. The molecule has 0 saturated heterocycles. The number of aliphatic hydroxyl groups excluding tert-OH is 1. The van der Waals surface area contributed by atoms with Gasteiger partial charge in [0.25, 0.3) is 0 Å². The number of ketones is 2. The summed E-state index contributed by atoms with van der Waals surface area (Å²) < 4.78 is 0. The average molecular weight is 427 g/mol. The van der Waals surface area contributed by atoms with Crippen molar-refractivity contribution in [2.45, 2.75) is 62.3 Å². The van der Waals surface area contributed by atoms with Gasteiger partial charge in [-0.2, -0.15) is 0 Å². The van der Waals surface area contributed by atoms with Gasteiger partial charge in [0.2, 0.25) is 0 Å². The minimum Gasteiger partial charge on any atom is -0.388 e. The van der Waals surface area contributed by atoms with Gasteiger partial charge >= 0.3 is 0 Å². The van der Waals surface area contributed by atoms with E-state index in [0.717, 1.165) is 18.4 Å². The Bertz CT molecular complexity index is 806. The van der Waals surface area contributed by atoms with E-state index < -0.39 is 39.1 Å². The van der Waals surface area contributed by atoms with Crippen molar-refractivity contribution in [3.05, 3.63) is 23.8 Å². The zero-order chi connectivity index (χ0) is 20.7. The number of allylic oxidation sites excluding steroid dienone is 4. The molecular formula is C22H28Cl2O4. The van der Waals surface area contributed by atoms with Crippen LogP contribution in [0.25, 0.3) is 0 Å². The molecule has 2 unspecified atom stereocenters. The van der Waals surface area contributed by atoms with E-state index in [1.807, 2.05) is 19.9 Å². The Balaban J connectivity index is 1.84. The molecule has 28 heavy (non-hydrogen) atoms. The molecule has 4 aliphatic carbocycles. The number of halogens is 2. The molecule has 3 fully saturated rings. The third-order valence-electron chi connectivity index (χ3n) is 8.75. The first-order chi connectivity index (χ1) is 13.0. The summed E-state index contributed by atoms with van der Waals surface area (Å²) in [5.74, 6) is -0.811. The van der Waals surface area contributed by atoms with E-state index in [9.17, 15) is 19.8 Å². The second-order valence-corrected chi connectivity index (χ2v) is 10.9. The monoisotopic (exact) mass is 426 g/mol. The molecule has 4 aliphatic rings. The predicted octanol–water partition coefficient (Wildman–Crippen LogP) is 3.41. The number of hydrogen-bond donors (Lipinski definition) is 2. The molecule has 0 aliphatic heterocycles. The molecule has 0 amide bonds. The van der Waals surface area contributed by atoms with Crippen LogP contribution in [0.15, 0.2) is 23.8 Å². The van der Waals surface area contributed by atoms with Crippen LogP contribution in [-0.4, -0.2) is 44.2 Å². The summed E-state index contributed by atoms with van der Waals surface area (Å²) in [6, 6.07) is 0. The highest BCUT2D eigenvalue weighted by atomic mass is 35.5. The molecule has 0 aromatic carbocycles. The topological polar surface area (TPSA) is 74.6 Å². The highest BCUT2D eigenvalue weighted by Gasteiger charge is 2.74. The van der Waals surface area contributed by atoms with Crippen LogP contribution in [0.1, 0.15) is 46.5 Å². The molecule has 0 radical (unpaired) electrons. The van der Waals surface area contributed by atoms with Gasteiger partial charge < -0.3 is 10.2 Å². The molecule has 3 saturated carbocycles. The maximum Gasteiger partial charge on any atom is 0.190 e. The number of carbonyl (C=O) groups is 2. The van der Waals surface area contributed by atoms with E-state index in [0.29, 0.717) is 12.8 Å². The predicted molar refractivity (Wildman–Crippen MR) is 108 cm³/mol. The zero-order valence-electron chi connectivity index (χ0n) is 16.5. The molecule has 0 heterocycles. The fourth-order valence-corrected chi connectivity index (χ4v) is 8.43. The molecule has 0 spiro atoms. The van der Waals surface area contributed by atoms with Crippen LogP contribution in [0, 0.1) is 28.6 Å². The maximum atomic E-state index is 12.6. The summed E-state index contributed by atoms with van der Waals surface area (Å²) in [5.41, 5.74) is -1.86. The van der Waals surface area contributed by atoms with E-state index in [1.165, 1.54) is 0 Å². The minimum atomic E-state index is -1.60. The molecule has 4 rings (SSSR count). The van der Waals surface area contributed by atoms with Crippen molar-refractivity contribution < 1.29 is 19.8 Å². The molecule has 154 valence electrons. The van der Waals surface area contributed by atoms with E-state index >= 15 is 0 Å². The van der Waals surface area contributed by atoms with E-state index in [1.54, 1.807) is 12.2 Å². The number of alkyl halides is 2. The van der Waals surface area contributed by atoms with E-state index in [4.69, 9.17) is 23.2 Å². The molecule has 0 aromatic heterocycles. The fraction of sp³-hybridized carbons (Fsp3) is 0.727. The minimum absolute atomic E-state index is 0.00149. The third-order valence-corrected chi connectivity index (χ3v) is 10.3. The van der Waals surface area contributed by atoms with Crippen LogP contribution in [0.2, 0.25) is 0 Å².